The molecule has 0 amide bonds. The van der Waals surface area contributed by atoms with Gasteiger partial charge in [-0.1, -0.05) is 0 Å². The van der Waals surface area contributed by atoms with Gasteiger partial charge in [0.1, 0.15) is 0 Å². The Kier molecular flexibility index (Phi) is 8.80. The average molecular weight is 213 g/mol. The third-order valence-electron chi connectivity index (χ3n) is 0.583. The molecule has 0 aromatic rings. The standard InChI is InChI=1S/C3H7ClO5S.Na/c4-1-3(5)2-9-10(6,7)8;/h3,5H,1-2H2,(H,6,7,8);/q;+1/p-1. The smallest absolute Gasteiger partial charge is 0.726 e. The van der Waals surface area contributed by atoms with E-state index >= 15 is 0 Å². The predicted molar refractivity (Wildman–Crippen MR) is 32.4 cm³/mol. The summed E-state index contributed by atoms with van der Waals surface area (Å²) < 4.78 is 32.8. The monoisotopic (exact) mass is 212 g/mol. The van der Waals surface area contributed by atoms with Gasteiger partial charge in [-0.15, -0.1) is 11.6 Å². The molecule has 0 aromatic heterocycles. The van der Waals surface area contributed by atoms with Gasteiger partial charge in [-0.25, -0.2) is 8.42 Å². The van der Waals surface area contributed by atoms with Crippen LogP contribution in [0.1, 0.15) is 0 Å². The Morgan fingerprint density at radius 2 is 2.09 bits per heavy atom. The van der Waals surface area contributed by atoms with Gasteiger partial charge in [0.25, 0.3) is 0 Å². The Balaban J connectivity index is 0. The van der Waals surface area contributed by atoms with Crippen LogP contribution in [0.3, 0.4) is 0 Å². The molecule has 1 N–H and O–H groups in total. The van der Waals surface area contributed by atoms with Crippen molar-refractivity contribution in [2.45, 2.75) is 6.10 Å². The first-order valence-electron chi connectivity index (χ1n) is 2.30. The topological polar surface area (TPSA) is 86.7 Å². The van der Waals surface area contributed by atoms with Crippen LogP contribution in [0.2, 0.25) is 0 Å². The summed E-state index contributed by atoms with van der Waals surface area (Å²) in [5.74, 6) is -0.171. The Morgan fingerprint density at radius 1 is 1.64 bits per heavy atom. The van der Waals surface area contributed by atoms with E-state index in [4.69, 9.17) is 16.7 Å². The van der Waals surface area contributed by atoms with Crippen molar-refractivity contribution in [2.75, 3.05) is 12.5 Å². The zero-order valence-corrected chi connectivity index (χ0v) is 9.43. The van der Waals surface area contributed by atoms with E-state index in [1.165, 1.54) is 0 Å². The van der Waals surface area contributed by atoms with Crippen molar-refractivity contribution in [3.8, 4) is 0 Å². The van der Waals surface area contributed by atoms with Gasteiger partial charge < -0.3 is 9.66 Å². The maximum atomic E-state index is 9.72. The molecule has 1 atom stereocenters. The van der Waals surface area contributed by atoms with Crippen molar-refractivity contribution in [1.29, 1.82) is 0 Å². The van der Waals surface area contributed by atoms with E-state index in [2.05, 4.69) is 4.18 Å². The fourth-order valence-corrected chi connectivity index (χ4v) is 0.619. The molecule has 0 heterocycles. The van der Waals surface area contributed by atoms with Crippen LogP contribution in [0.4, 0.5) is 0 Å². The molecule has 0 radical (unpaired) electrons. The molecule has 0 aliphatic rings. The molecule has 0 saturated heterocycles. The number of alkyl halides is 1. The van der Waals surface area contributed by atoms with Crippen molar-refractivity contribution in [1.82, 2.24) is 0 Å². The Hall–Kier alpha value is 1.12. The maximum Gasteiger partial charge on any atom is 1.00 e. The first-order chi connectivity index (χ1) is 4.45. The van der Waals surface area contributed by atoms with E-state index in [1.807, 2.05) is 0 Å². The van der Waals surface area contributed by atoms with Crippen LogP contribution in [0, 0.1) is 0 Å². The van der Waals surface area contributed by atoms with Gasteiger partial charge in [0, 0.05) is 0 Å². The van der Waals surface area contributed by atoms with E-state index in [0.717, 1.165) is 0 Å². The molecule has 1 unspecified atom stereocenters. The molecule has 0 saturated carbocycles. The number of halogens is 1. The average Bonchev–Trinajstić information content (AvgIpc) is 1.81. The number of hydrogen-bond donors (Lipinski definition) is 1. The van der Waals surface area contributed by atoms with Gasteiger partial charge in [0.05, 0.1) is 18.6 Å². The largest absolute Gasteiger partial charge is 1.00 e. The third kappa shape index (κ3) is 11.1. The van der Waals surface area contributed by atoms with Crippen LogP contribution < -0.4 is 29.6 Å². The van der Waals surface area contributed by atoms with E-state index in [-0.39, 0.29) is 35.4 Å². The summed E-state index contributed by atoms with van der Waals surface area (Å²) in [6.45, 7) is -0.588. The molecule has 0 bridgehead atoms. The van der Waals surface area contributed by atoms with E-state index < -0.39 is 23.1 Å². The van der Waals surface area contributed by atoms with Crippen molar-refractivity contribution in [2.24, 2.45) is 0 Å². The second-order valence-electron chi connectivity index (χ2n) is 1.50. The third-order valence-corrected chi connectivity index (χ3v) is 1.36. The van der Waals surface area contributed by atoms with Gasteiger partial charge >= 0.3 is 29.6 Å². The van der Waals surface area contributed by atoms with Gasteiger partial charge in [-0.3, -0.25) is 4.18 Å². The normalized spacial score (nSPS) is 13.7. The van der Waals surface area contributed by atoms with Crippen LogP contribution in [-0.4, -0.2) is 36.7 Å². The molecule has 0 aromatic carbocycles. The van der Waals surface area contributed by atoms with Gasteiger partial charge in [-0.2, -0.15) is 0 Å². The number of aliphatic hydroxyl groups is 1. The summed E-state index contributed by atoms with van der Waals surface area (Å²) in [5, 5.41) is 8.56. The molecule has 5 nitrogen and oxygen atoms in total. The number of hydrogen-bond acceptors (Lipinski definition) is 5. The summed E-state index contributed by atoms with van der Waals surface area (Å²) in [4.78, 5) is 0. The number of aliphatic hydroxyl groups excluding tert-OH is 1. The van der Waals surface area contributed by atoms with Crippen LogP contribution in [0.5, 0.6) is 0 Å². The molecule has 8 heteroatoms. The molecule has 0 aliphatic carbocycles. The fourth-order valence-electron chi connectivity index (χ4n) is 0.206. The van der Waals surface area contributed by atoms with Gasteiger partial charge in [-0.05, 0) is 0 Å². The summed E-state index contributed by atoms with van der Waals surface area (Å²) in [5.41, 5.74) is 0. The van der Waals surface area contributed by atoms with Crippen molar-refractivity contribution in [3.63, 3.8) is 0 Å². The predicted octanol–water partition coefficient (Wildman–Crippen LogP) is -3.93. The quantitative estimate of drug-likeness (QED) is 0.223. The Morgan fingerprint density at radius 3 is 2.36 bits per heavy atom. The molecule has 0 rings (SSSR count). The van der Waals surface area contributed by atoms with E-state index in [0.29, 0.717) is 0 Å². The van der Waals surface area contributed by atoms with Crippen LogP contribution in [0.25, 0.3) is 0 Å². The van der Waals surface area contributed by atoms with E-state index in [1.54, 1.807) is 0 Å². The fraction of sp³-hybridized carbons (Fsp3) is 1.00. The van der Waals surface area contributed by atoms with Crippen molar-refractivity contribution >= 4 is 22.0 Å². The summed E-state index contributed by atoms with van der Waals surface area (Å²) >= 11 is 5.05. The van der Waals surface area contributed by atoms with Crippen LogP contribution >= 0.6 is 11.6 Å². The molecular weight excluding hydrogens is 207 g/mol. The van der Waals surface area contributed by atoms with Crippen molar-refractivity contribution in [3.05, 3.63) is 0 Å². The zero-order valence-electron chi connectivity index (χ0n) is 5.86. The van der Waals surface area contributed by atoms with Crippen LogP contribution in [-0.2, 0) is 14.6 Å². The molecule has 62 valence electrons. The minimum absolute atomic E-state index is 0. The van der Waals surface area contributed by atoms with Gasteiger partial charge in [0.15, 0.2) is 0 Å². The Bertz CT molecular complexity index is 180. The summed E-state index contributed by atoms with van der Waals surface area (Å²) in [6.07, 6.45) is -1.12. The molecule has 0 spiro atoms. The van der Waals surface area contributed by atoms with Crippen LogP contribution in [0.15, 0.2) is 0 Å². The minimum atomic E-state index is -4.70. The molecule has 11 heavy (non-hydrogen) atoms. The van der Waals surface area contributed by atoms with Crippen molar-refractivity contribution < 1.29 is 51.8 Å². The SMILES string of the molecule is O=S(=O)([O-])OCC(O)CCl.[Na+]. The minimum Gasteiger partial charge on any atom is -0.726 e. The molecule has 0 fully saturated rings. The Labute approximate surface area is 91.9 Å². The molecule has 0 aliphatic heterocycles. The van der Waals surface area contributed by atoms with Gasteiger partial charge in [0.2, 0.25) is 10.4 Å². The summed E-state index contributed by atoms with van der Waals surface area (Å²) in [7, 11) is -4.70. The first-order valence-corrected chi connectivity index (χ1v) is 4.17. The second-order valence-corrected chi connectivity index (χ2v) is 2.86. The summed E-state index contributed by atoms with van der Waals surface area (Å²) in [6, 6.07) is 0. The first kappa shape index (κ1) is 14.6. The number of rotatable bonds is 4. The second kappa shape index (κ2) is 6.62. The van der Waals surface area contributed by atoms with E-state index in [9.17, 15) is 13.0 Å². The zero-order chi connectivity index (χ0) is 8.20. The maximum absolute atomic E-state index is 9.72. The molecular formula is C3H6ClNaO5S.